The van der Waals surface area contributed by atoms with Gasteiger partial charge >= 0.3 is 11.9 Å². The van der Waals surface area contributed by atoms with Crippen molar-refractivity contribution in [1.82, 2.24) is 0 Å². The van der Waals surface area contributed by atoms with Crippen LogP contribution in [0.1, 0.15) is 44.9 Å². The van der Waals surface area contributed by atoms with Gasteiger partial charge in [0, 0.05) is 37.2 Å². The molecule has 0 unspecified atom stereocenters. The number of amides is 1. The van der Waals surface area contributed by atoms with Crippen LogP contribution >= 0.6 is 0 Å². The normalized spacial score (nSPS) is 10.3. The first-order chi connectivity index (χ1) is 15.8. The van der Waals surface area contributed by atoms with Gasteiger partial charge in [0.1, 0.15) is 0 Å². The SMILES string of the molecule is CCOC(=O)c1cc(NC(=O)c2cc([N+](=O)[O-])ccc2NCCOC)cc(C(=O)OCC)c1. The molecular formula is C22H25N3O8. The van der Waals surface area contributed by atoms with E-state index in [1.54, 1.807) is 13.8 Å². The van der Waals surface area contributed by atoms with Crippen LogP contribution in [0.25, 0.3) is 0 Å². The highest BCUT2D eigenvalue weighted by Crippen LogP contribution is 2.24. The van der Waals surface area contributed by atoms with Crippen LogP contribution in [0, 0.1) is 10.1 Å². The molecule has 176 valence electrons. The van der Waals surface area contributed by atoms with E-state index in [0.717, 1.165) is 6.07 Å². The van der Waals surface area contributed by atoms with Crippen molar-refractivity contribution in [1.29, 1.82) is 0 Å². The van der Waals surface area contributed by atoms with E-state index in [0.29, 0.717) is 18.8 Å². The molecule has 2 N–H and O–H groups in total. The first kappa shape index (κ1) is 25.3. The van der Waals surface area contributed by atoms with E-state index in [1.165, 1.54) is 37.4 Å². The van der Waals surface area contributed by atoms with Gasteiger partial charge in [0.25, 0.3) is 11.6 Å². The molecule has 2 aromatic carbocycles. The predicted molar refractivity (Wildman–Crippen MR) is 120 cm³/mol. The summed E-state index contributed by atoms with van der Waals surface area (Å²) in [6.45, 7) is 4.22. The Morgan fingerprint density at radius 3 is 2.09 bits per heavy atom. The number of hydrogen-bond acceptors (Lipinski definition) is 9. The summed E-state index contributed by atoms with van der Waals surface area (Å²) in [5.74, 6) is -2.05. The van der Waals surface area contributed by atoms with E-state index < -0.39 is 22.8 Å². The molecule has 0 bridgehead atoms. The monoisotopic (exact) mass is 459 g/mol. The Hall–Kier alpha value is -3.99. The van der Waals surface area contributed by atoms with E-state index in [4.69, 9.17) is 14.2 Å². The van der Waals surface area contributed by atoms with Crippen LogP contribution < -0.4 is 10.6 Å². The minimum Gasteiger partial charge on any atom is -0.462 e. The third-order valence-corrected chi connectivity index (χ3v) is 4.29. The lowest BCUT2D eigenvalue weighted by Crippen LogP contribution is -2.18. The highest BCUT2D eigenvalue weighted by atomic mass is 16.6. The lowest BCUT2D eigenvalue weighted by Gasteiger charge is -2.13. The van der Waals surface area contributed by atoms with Gasteiger partial charge in [-0.3, -0.25) is 14.9 Å². The summed E-state index contributed by atoms with van der Waals surface area (Å²) in [6.07, 6.45) is 0. The second-order valence-electron chi connectivity index (χ2n) is 6.60. The minimum absolute atomic E-state index is 0.000439. The van der Waals surface area contributed by atoms with Gasteiger partial charge in [0.05, 0.1) is 41.4 Å². The number of methoxy groups -OCH3 is 1. The zero-order valence-corrected chi connectivity index (χ0v) is 18.5. The lowest BCUT2D eigenvalue weighted by molar-refractivity contribution is -0.384. The Morgan fingerprint density at radius 1 is 0.970 bits per heavy atom. The van der Waals surface area contributed by atoms with Crippen LogP contribution in [0.5, 0.6) is 0 Å². The van der Waals surface area contributed by atoms with Crippen molar-refractivity contribution < 1.29 is 33.5 Å². The molecule has 0 aliphatic rings. The number of nitrogens with one attached hydrogen (secondary N) is 2. The molecule has 0 heterocycles. The van der Waals surface area contributed by atoms with Crippen LogP contribution in [-0.2, 0) is 14.2 Å². The van der Waals surface area contributed by atoms with Crippen molar-refractivity contribution >= 4 is 34.9 Å². The van der Waals surface area contributed by atoms with Gasteiger partial charge in [-0.15, -0.1) is 0 Å². The lowest BCUT2D eigenvalue weighted by atomic mass is 10.1. The molecule has 0 fully saturated rings. The highest BCUT2D eigenvalue weighted by molar-refractivity contribution is 6.09. The zero-order valence-electron chi connectivity index (χ0n) is 18.5. The second-order valence-corrected chi connectivity index (χ2v) is 6.60. The van der Waals surface area contributed by atoms with Crippen LogP contribution in [0.3, 0.4) is 0 Å². The van der Waals surface area contributed by atoms with E-state index in [1.807, 2.05) is 0 Å². The summed E-state index contributed by atoms with van der Waals surface area (Å²) in [5.41, 5.74) is 0.264. The number of benzene rings is 2. The predicted octanol–water partition coefficient (Wildman–Crippen LogP) is 3.26. The van der Waals surface area contributed by atoms with Crippen molar-refractivity contribution in [3.63, 3.8) is 0 Å². The van der Waals surface area contributed by atoms with Crippen molar-refractivity contribution in [2.45, 2.75) is 13.8 Å². The molecule has 0 saturated heterocycles. The molecule has 11 nitrogen and oxygen atoms in total. The molecule has 1 amide bonds. The van der Waals surface area contributed by atoms with Gasteiger partial charge in [-0.05, 0) is 38.1 Å². The number of nitro groups is 1. The number of anilines is 2. The maximum Gasteiger partial charge on any atom is 0.338 e. The molecule has 0 aliphatic heterocycles. The van der Waals surface area contributed by atoms with Gasteiger partial charge in [0.15, 0.2) is 0 Å². The average molecular weight is 459 g/mol. The summed E-state index contributed by atoms with van der Waals surface area (Å²) in [7, 11) is 1.52. The van der Waals surface area contributed by atoms with Gasteiger partial charge in [-0.25, -0.2) is 9.59 Å². The number of nitro benzene ring substituents is 1. The fourth-order valence-electron chi connectivity index (χ4n) is 2.84. The second kappa shape index (κ2) is 12.2. The molecule has 0 atom stereocenters. The molecule has 2 rings (SSSR count). The topological polar surface area (TPSA) is 146 Å². The van der Waals surface area contributed by atoms with Gasteiger partial charge in [0.2, 0.25) is 0 Å². The Balaban J connectivity index is 2.43. The number of nitrogens with zero attached hydrogens (tertiary/aromatic N) is 1. The number of carbonyl (C=O) groups is 3. The summed E-state index contributed by atoms with van der Waals surface area (Å²) in [4.78, 5) is 48.0. The molecule has 0 radical (unpaired) electrons. The summed E-state index contributed by atoms with van der Waals surface area (Å²) in [6, 6.07) is 7.80. The fraction of sp³-hybridized carbons (Fsp3) is 0.318. The summed E-state index contributed by atoms with van der Waals surface area (Å²) < 4.78 is 14.9. The van der Waals surface area contributed by atoms with Crippen molar-refractivity contribution in [2.24, 2.45) is 0 Å². The third-order valence-electron chi connectivity index (χ3n) is 4.29. The first-order valence-corrected chi connectivity index (χ1v) is 10.1. The number of hydrogen-bond donors (Lipinski definition) is 2. The first-order valence-electron chi connectivity index (χ1n) is 10.1. The Morgan fingerprint density at radius 2 is 1.58 bits per heavy atom. The smallest absolute Gasteiger partial charge is 0.338 e. The zero-order chi connectivity index (χ0) is 24.4. The molecule has 0 aromatic heterocycles. The summed E-state index contributed by atoms with van der Waals surface area (Å²) in [5, 5.41) is 16.8. The number of esters is 2. The Kier molecular flexibility index (Phi) is 9.30. The van der Waals surface area contributed by atoms with Crippen molar-refractivity contribution in [2.75, 3.05) is 44.1 Å². The number of non-ortho nitro benzene ring substituents is 1. The van der Waals surface area contributed by atoms with E-state index in [-0.39, 0.29) is 41.3 Å². The standard InChI is InChI=1S/C22H25N3O8/c1-4-32-21(27)14-10-15(22(28)33-5-2)12-16(11-14)24-20(26)18-13-17(25(29)30)6-7-19(18)23-8-9-31-3/h6-7,10-13,23H,4-5,8-9H2,1-3H3,(H,24,26). The largest absolute Gasteiger partial charge is 0.462 e. The fourth-order valence-corrected chi connectivity index (χ4v) is 2.84. The summed E-state index contributed by atoms with van der Waals surface area (Å²) >= 11 is 0. The Labute approximate surface area is 190 Å². The molecule has 0 saturated carbocycles. The quantitative estimate of drug-likeness (QED) is 0.224. The number of carbonyl (C=O) groups excluding carboxylic acids is 3. The van der Waals surface area contributed by atoms with Gasteiger partial charge < -0.3 is 24.8 Å². The maximum absolute atomic E-state index is 13.0. The molecule has 11 heteroatoms. The van der Waals surface area contributed by atoms with Crippen LogP contribution in [0.15, 0.2) is 36.4 Å². The van der Waals surface area contributed by atoms with Crippen LogP contribution in [-0.4, -0.2) is 56.2 Å². The molecule has 0 spiro atoms. The Bertz CT molecular complexity index is 1000. The van der Waals surface area contributed by atoms with Gasteiger partial charge in [-0.2, -0.15) is 0 Å². The highest BCUT2D eigenvalue weighted by Gasteiger charge is 2.20. The molecule has 0 aliphatic carbocycles. The number of rotatable bonds is 11. The number of ether oxygens (including phenoxy) is 3. The molecule has 2 aromatic rings. The molecule has 33 heavy (non-hydrogen) atoms. The van der Waals surface area contributed by atoms with E-state index in [9.17, 15) is 24.5 Å². The van der Waals surface area contributed by atoms with Crippen molar-refractivity contribution in [3.05, 3.63) is 63.2 Å². The van der Waals surface area contributed by atoms with E-state index >= 15 is 0 Å². The van der Waals surface area contributed by atoms with E-state index in [2.05, 4.69) is 10.6 Å². The average Bonchev–Trinajstić information content (AvgIpc) is 2.79. The molecular weight excluding hydrogens is 434 g/mol. The maximum atomic E-state index is 13.0. The van der Waals surface area contributed by atoms with Crippen LogP contribution in [0.4, 0.5) is 17.1 Å². The minimum atomic E-state index is -0.686. The van der Waals surface area contributed by atoms with Crippen molar-refractivity contribution in [3.8, 4) is 0 Å². The van der Waals surface area contributed by atoms with Gasteiger partial charge in [-0.1, -0.05) is 0 Å². The van der Waals surface area contributed by atoms with Crippen LogP contribution in [0.2, 0.25) is 0 Å². The third kappa shape index (κ3) is 7.01.